The van der Waals surface area contributed by atoms with Crippen LogP contribution in [0.3, 0.4) is 0 Å². The maximum atomic E-state index is 10.8. The minimum atomic E-state index is -3.83. The SMILES string of the molecule is CC1=C(C(C)(C)/C(C)=C/CCCCCS(=O)(=O)O)C=C(c2ccccc2)CC1. The Balaban J connectivity index is 2.05. The van der Waals surface area contributed by atoms with Crippen LogP contribution < -0.4 is 0 Å². The first-order valence-electron chi connectivity index (χ1n) is 10.2. The lowest BCUT2D eigenvalue weighted by Gasteiger charge is -2.33. The molecule has 0 saturated heterocycles. The van der Waals surface area contributed by atoms with Crippen LogP contribution in [0.2, 0.25) is 0 Å². The molecule has 0 saturated carbocycles. The van der Waals surface area contributed by atoms with Gasteiger partial charge in [-0.1, -0.05) is 73.9 Å². The van der Waals surface area contributed by atoms with Gasteiger partial charge in [0.2, 0.25) is 0 Å². The molecule has 0 amide bonds. The molecule has 1 aromatic rings. The van der Waals surface area contributed by atoms with E-state index in [-0.39, 0.29) is 11.2 Å². The number of allylic oxidation sites excluding steroid dienone is 6. The van der Waals surface area contributed by atoms with Crippen molar-refractivity contribution in [3.8, 4) is 0 Å². The van der Waals surface area contributed by atoms with Crippen molar-refractivity contribution in [2.75, 3.05) is 5.75 Å². The third-order valence-corrected chi connectivity index (χ3v) is 6.71. The lowest BCUT2D eigenvalue weighted by Crippen LogP contribution is -2.19. The van der Waals surface area contributed by atoms with Crippen molar-refractivity contribution in [1.82, 2.24) is 0 Å². The molecule has 0 unspecified atom stereocenters. The van der Waals surface area contributed by atoms with E-state index in [9.17, 15) is 8.42 Å². The zero-order valence-electron chi connectivity index (χ0n) is 17.7. The van der Waals surface area contributed by atoms with Crippen LogP contribution in [-0.2, 0) is 10.1 Å². The van der Waals surface area contributed by atoms with Gasteiger partial charge < -0.3 is 0 Å². The van der Waals surface area contributed by atoms with Crippen molar-refractivity contribution in [2.45, 2.75) is 66.2 Å². The van der Waals surface area contributed by atoms with Gasteiger partial charge in [0.15, 0.2) is 0 Å². The maximum Gasteiger partial charge on any atom is 0.264 e. The standard InChI is InChI=1S/C24H34O3S/c1-19-15-16-22(21-13-9-7-10-14-21)18-23(19)24(3,4)20(2)12-8-5-6-11-17-28(25,26)27/h7,9-10,12-14,18H,5-6,8,11,15-17H2,1-4H3,(H,25,26,27)/b20-12+. The van der Waals surface area contributed by atoms with E-state index in [1.807, 2.05) is 0 Å². The van der Waals surface area contributed by atoms with Crippen LogP contribution in [0.25, 0.3) is 5.57 Å². The second-order valence-electron chi connectivity index (χ2n) is 8.38. The molecule has 154 valence electrons. The molecule has 0 radical (unpaired) electrons. The van der Waals surface area contributed by atoms with E-state index in [1.54, 1.807) is 0 Å². The molecular formula is C24H34O3S. The Morgan fingerprint density at radius 1 is 1.11 bits per heavy atom. The lowest BCUT2D eigenvalue weighted by molar-refractivity contribution is 0.479. The van der Waals surface area contributed by atoms with Crippen LogP contribution >= 0.6 is 0 Å². The van der Waals surface area contributed by atoms with Gasteiger partial charge in [0.05, 0.1) is 5.75 Å². The van der Waals surface area contributed by atoms with E-state index in [4.69, 9.17) is 4.55 Å². The largest absolute Gasteiger partial charge is 0.286 e. The first-order chi connectivity index (χ1) is 13.1. The fourth-order valence-corrected chi connectivity index (χ4v) is 4.38. The summed E-state index contributed by atoms with van der Waals surface area (Å²) in [5.41, 5.74) is 6.92. The van der Waals surface area contributed by atoms with Gasteiger partial charge in [0, 0.05) is 5.41 Å². The normalized spacial score (nSPS) is 16.3. The summed E-state index contributed by atoms with van der Waals surface area (Å²) in [6.07, 6.45) is 10.1. The Bertz CT molecular complexity index is 856. The smallest absolute Gasteiger partial charge is 0.264 e. The summed E-state index contributed by atoms with van der Waals surface area (Å²) in [6.45, 7) is 9.03. The number of hydrogen-bond donors (Lipinski definition) is 1. The maximum absolute atomic E-state index is 10.8. The van der Waals surface area contributed by atoms with Crippen LogP contribution in [0.5, 0.6) is 0 Å². The van der Waals surface area contributed by atoms with Gasteiger partial charge in [-0.05, 0) is 62.7 Å². The number of benzene rings is 1. The van der Waals surface area contributed by atoms with E-state index in [0.717, 1.165) is 32.1 Å². The van der Waals surface area contributed by atoms with E-state index in [2.05, 4.69) is 70.2 Å². The molecule has 2 rings (SSSR count). The molecule has 0 heterocycles. The second-order valence-corrected chi connectivity index (χ2v) is 9.95. The van der Waals surface area contributed by atoms with Crippen molar-refractivity contribution in [3.63, 3.8) is 0 Å². The van der Waals surface area contributed by atoms with Crippen molar-refractivity contribution < 1.29 is 13.0 Å². The van der Waals surface area contributed by atoms with Crippen molar-refractivity contribution in [2.24, 2.45) is 5.41 Å². The Hall–Kier alpha value is -1.65. The predicted molar refractivity (Wildman–Crippen MR) is 119 cm³/mol. The fraction of sp³-hybridized carbons (Fsp3) is 0.500. The molecule has 28 heavy (non-hydrogen) atoms. The number of unbranched alkanes of at least 4 members (excludes halogenated alkanes) is 3. The average Bonchev–Trinajstić information content (AvgIpc) is 2.64. The van der Waals surface area contributed by atoms with Crippen LogP contribution in [-0.4, -0.2) is 18.7 Å². The van der Waals surface area contributed by atoms with Crippen LogP contribution in [0, 0.1) is 5.41 Å². The molecule has 0 atom stereocenters. The zero-order valence-corrected chi connectivity index (χ0v) is 18.5. The number of hydrogen-bond acceptors (Lipinski definition) is 2. The van der Waals surface area contributed by atoms with Crippen molar-refractivity contribution in [1.29, 1.82) is 0 Å². The van der Waals surface area contributed by atoms with Crippen molar-refractivity contribution >= 4 is 15.7 Å². The monoisotopic (exact) mass is 402 g/mol. The molecule has 0 fully saturated rings. The van der Waals surface area contributed by atoms with Gasteiger partial charge in [-0.15, -0.1) is 0 Å². The topological polar surface area (TPSA) is 54.4 Å². The summed E-state index contributed by atoms with van der Waals surface area (Å²) in [5, 5.41) is 0. The summed E-state index contributed by atoms with van der Waals surface area (Å²) in [7, 11) is -3.83. The molecule has 1 aliphatic carbocycles. The molecular weight excluding hydrogens is 368 g/mol. The van der Waals surface area contributed by atoms with Gasteiger partial charge in [0.25, 0.3) is 10.1 Å². The third kappa shape index (κ3) is 6.46. The van der Waals surface area contributed by atoms with E-state index >= 15 is 0 Å². The predicted octanol–water partition coefficient (Wildman–Crippen LogP) is 6.60. The van der Waals surface area contributed by atoms with Crippen LogP contribution in [0.4, 0.5) is 0 Å². The Labute approximate surface area is 171 Å². The molecule has 0 spiro atoms. The Morgan fingerprint density at radius 2 is 1.79 bits per heavy atom. The highest BCUT2D eigenvalue weighted by Crippen LogP contribution is 2.43. The summed E-state index contributed by atoms with van der Waals surface area (Å²) < 4.78 is 30.3. The quantitative estimate of drug-likeness (QED) is 0.287. The zero-order chi connectivity index (χ0) is 20.8. The molecule has 3 nitrogen and oxygen atoms in total. The van der Waals surface area contributed by atoms with Gasteiger partial charge in [0.1, 0.15) is 0 Å². The van der Waals surface area contributed by atoms with Crippen LogP contribution in [0.15, 0.2) is 59.2 Å². The summed E-state index contributed by atoms with van der Waals surface area (Å²) in [6, 6.07) is 10.6. The Kier molecular flexibility index (Phi) is 7.85. The fourth-order valence-electron chi connectivity index (χ4n) is 3.81. The summed E-state index contributed by atoms with van der Waals surface area (Å²) in [5.74, 6) is -0.139. The van der Waals surface area contributed by atoms with E-state index in [0.29, 0.717) is 6.42 Å². The minimum absolute atomic E-state index is 0.0288. The molecule has 0 bridgehead atoms. The Morgan fingerprint density at radius 3 is 2.43 bits per heavy atom. The average molecular weight is 403 g/mol. The highest BCUT2D eigenvalue weighted by atomic mass is 32.2. The van der Waals surface area contributed by atoms with Gasteiger partial charge in [-0.3, -0.25) is 4.55 Å². The molecule has 0 aliphatic heterocycles. The highest BCUT2D eigenvalue weighted by Gasteiger charge is 2.27. The van der Waals surface area contributed by atoms with Gasteiger partial charge in [-0.2, -0.15) is 8.42 Å². The molecule has 1 aromatic carbocycles. The lowest BCUT2D eigenvalue weighted by atomic mass is 9.72. The third-order valence-electron chi connectivity index (χ3n) is 5.91. The van der Waals surface area contributed by atoms with Crippen LogP contribution in [0.1, 0.15) is 71.8 Å². The first kappa shape index (κ1) is 22.6. The van der Waals surface area contributed by atoms with E-state index in [1.165, 1.54) is 27.9 Å². The van der Waals surface area contributed by atoms with E-state index < -0.39 is 10.1 Å². The highest BCUT2D eigenvalue weighted by molar-refractivity contribution is 7.85. The summed E-state index contributed by atoms with van der Waals surface area (Å²) in [4.78, 5) is 0. The molecule has 0 aromatic heterocycles. The van der Waals surface area contributed by atoms with Gasteiger partial charge >= 0.3 is 0 Å². The number of rotatable bonds is 9. The molecule has 4 heteroatoms. The molecule has 1 N–H and O–H groups in total. The minimum Gasteiger partial charge on any atom is -0.286 e. The summed E-state index contributed by atoms with van der Waals surface area (Å²) >= 11 is 0. The van der Waals surface area contributed by atoms with Crippen molar-refractivity contribution in [3.05, 3.63) is 64.8 Å². The second kappa shape index (κ2) is 9.71. The van der Waals surface area contributed by atoms with Gasteiger partial charge in [-0.25, -0.2) is 0 Å². The molecule has 1 aliphatic rings. The first-order valence-corrected chi connectivity index (χ1v) is 11.8.